The van der Waals surface area contributed by atoms with Crippen molar-refractivity contribution in [3.8, 4) is 22.8 Å². The van der Waals surface area contributed by atoms with E-state index in [0.29, 0.717) is 17.0 Å². The van der Waals surface area contributed by atoms with Crippen LogP contribution in [-0.2, 0) is 5.60 Å². The number of nitrogens with zero attached hydrogens (tertiary/aromatic N) is 2. The second kappa shape index (κ2) is 5.18. The van der Waals surface area contributed by atoms with Gasteiger partial charge in [0.2, 0.25) is 0 Å². The van der Waals surface area contributed by atoms with E-state index in [0.717, 1.165) is 4.44 Å². The van der Waals surface area contributed by atoms with E-state index in [2.05, 4.69) is 9.19 Å². The van der Waals surface area contributed by atoms with Crippen molar-refractivity contribution in [3.05, 3.63) is 16.6 Å². The predicted molar refractivity (Wildman–Crippen MR) is 76.5 cm³/mol. The van der Waals surface area contributed by atoms with Crippen molar-refractivity contribution in [1.29, 1.82) is 0 Å². The van der Waals surface area contributed by atoms with Crippen molar-refractivity contribution in [2.45, 2.75) is 29.9 Å². The van der Waals surface area contributed by atoms with Gasteiger partial charge in [-0.2, -0.15) is 0 Å². The van der Waals surface area contributed by atoms with Crippen molar-refractivity contribution in [3.63, 3.8) is 0 Å². The third-order valence-electron chi connectivity index (χ3n) is 3.15. The Balaban J connectivity index is 2.16. The molecule has 2 heterocycles. The van der Waals surface area contributed by atoms with Gasteiger partial charge in [-0.3, -0.25) is 0 Å². The van der Waals surface area contributed by atoms with Gasteiger partial charge < -0.3 is 0 Å². The van der Waals surface area contributed by atoms with Crippen LogP contribution in [0.15, 0.2) is 17.0 Å². The molecule has 0 saturated heterocycles. The summed E-state index contributed by atoms with van der Waals surface area (Å²) in [7, 11) is 1.34. The van der Waals surface area contributed by atoms with Crippen LogP contribution in [0, 0.1) is 0 Å². The van der Waals surface area contributed by atoms with E-state index in [9.17, 15) is 13.2 Å². The van der Waals surface area contributed by atoms with E-state index < -0.39 is 11.1 Å². The zero-order valence-corrected chi connectivity index (χ0v) is 14.3. The van der Waals surface area contributed by atoms with Crippen LogP contribution < -0.4 is 9.47 Å². The van der Waals surface area contributed by atoms with Crippen LogP contribution in [0.5, 0.6) is 11.5 Å². The third kappa shape index (κ3) is 2.73. The Morgan fingerprint density at radius 3 is 2.68 bits per heavy atom. The fourth-order valence-corrected chi connectivity index (χ4v) is 4.39. The second-order valence-corrected chi connectivity index (χ2v) is 7.80. The Bertz CT molecular complexity index is 731. The van der Waals surface area contributed by atoms with Crippen molar-refractivity contribution in [2.24, 2.45) is 0 Å². The van der Waals surface area contributed by atoms with Crippen molar-refractivity contribution in [2.75, 3.05) is 7.11 Å². The number of benzene rings is 1. The SMILES string of the molecule is COc1cc2c(cc1SC(F)(F)F)OC(C)(C)c1[se]nnc1-2. The Kier molecular flexibility index (Phi) is 3.70. The third-order valence-corrected chi connectivity index (χ3v) is 6.08. The molecule has 22 heavy (non-hydrogen) atoms. The van der Waals surface area contributed by atoms with Crippen molar-refractivity contribution < 1.29 is 22.6 Å². The average molecular weight is 395 g/mol. The first-order valence-corrected chi connectivity index (χ1v) is 8.65. The monoisotopic (exact) mass is 396 g/mol. The van der Waals surface area contributed by atoms with Crippen LogP contribution >= 0.6 is 11.8 Å². The molecule has 0 bridgehead atoms. The number of aromatic nitrogens is 2. The molecule has 0 atom stereocenters. The summed E-state index contributed by atoms with van der Waals surface area (Å²) in [5.74, 6) is 0.513. The molecular weight excluding hydrogens is 384 g/mol. The normalized spacial score (nSPS) is 15.7. The fraction of sp³-hybridized carbons (Fsp3) is 0.385. The molecule has 0 spiro atoms. The predicted octanol–water partition coefficient (Wildman–Crippen LogP) is 3.45. The number of alkyl halides is 3. The number of halogens is 3. The maximum absolute atomic E-state index is 12.7. The number of rotatable bonds is 2. The molecule has 0 N–H and O–H groups in total. The van der Waals surface area contributed by atoms with E-state index >= 15 is 0 Å². The summed E-state index contributed by atoms with van der Waals surface area (Å²) in [5.41, 5.74) is -3.71. The Labute approximate surface area is 135 Å². The number of hydrogen-bond acceptors (Lipinski definition) is 5. The van der Waals surface area contributed by atoms with Gasteiger partial charge in [0.25, 0.3) is 0 Å². The molecule has 0 saturated carbocycles. The van der Waals surface area contributed by atoms with E-state index in [1.165, 1.54) is 19.2 Å². The summed E-state index contributed by atoms with van der Waals surface area (Å²) in [6.07, 6.45) is 0. The zero-order chi connectivity index (χ0) is 16.1. The first-order chi connectivity index (χ1) is 10.2. The first-order valence-electron chi connectivity index (χ1n) is 6.21. The van der Waals surface area contributed by atoms with Gasteiger partial charge in [-0.1, -0.05) is 0 Å². The van der Waals surface area contributed by atoms with Crippen molar-refractivity contribution in [1.82, 2.24) is 9.19 Å². The molecule has 2 aromatic rings. The van der Waals surface area contributed by atoms with E-state index in [1.807, 2.05) is 13.8 Å². The van der Waals surface area contributed by atoms with Gasteiger partial charge in [0.1, 0.15) is 0 Å². The second-order valence-electron chi connectivity index (χ2n) is 5.11. The molecule has 1 aliphatic heterocycles. The van der Waals surface area contributed by atoms with Crippen LogP contribution in [-0.4, -0.2) is 36.5 Å². The molecule has 1 aromatic carbocycles. The van der Waals surface area contributed by atoms with Crippen LogP contribution in [0.1, 0.15) is 18.3 Å². The summed E-state index contributed by atoms with van der Waals surface area (Å²) < 4.78 is 54.1. The molecule has 4 nitrogen and oxygen atoms in total. The molecule has 0 unspecified atom stereocenters. The topological polar surface area (TPSA) is 44.2 Å². The first kappa shape index (κ1) is 15.7. The van der Waals surface area contributed by atoms with Gasteiger partial charge in [0.15, 0.2) is 0 Å². The van der Waals surface area contributed by atoms with Gasteiger partial charge in [-0.05, 0) is 0 Å². The number of thioether (sulfide) groups is 1. The van der Waals surface area contributed by atoms with Crippen LogP contribution in [0.3, 0.4) is 0 Å². The average Bonchev–Trinajstić information content (AvgIpc) is 2.86. The molecule has 0 amide bonds. The van der Waals surface area contributed by atoms with Gasteiger partial charge in [0, 0.05) is 0 Å². The summed E-state index contributed by atoms with van der Waals surface area (Å²) in [5, 5.41) is 4.14. The Morgan fingerprint density at radius 1 is 1.32 bits per heavy atom. The Morgan fingerprint density at radius 2 is 2.05 bits per heavy atom. The molecule has 118 valence electrons. The van der Waals surface area contributed by atoms with Crippen LogP contribution in [0.25, 0.3) is 11.3 Å². The quantitative estimate of drug-likeness (QED) is 0.576. The van der Waals surface area contributed by atoms with E-state index in [1.54, 1.807) is 0 Å². The number of methoxy groups -OCH3 is 1. The van der Waals surface area contributed by atoms with Crippen LogP contribution in [0.4, 0.5) is 13.2 Å². The van der Waals surface area contributed by atoms with E-state index in [4.69, 9.17) is 9.47 Å². The molecular formula is C13H11F3N2O2SSe. The van der Waals surface area contributed by atoms with Crippen molar-refractivity contribution >= 4 is 26.5 Å². The van der Waals surface area contributed by atoms with Gasteiger partial charge in [0.05, 0.1) is 0 Å². The fourth-order valence-electron chi connectivity index (χ4n) is 2.26. The standard InChI is InChI=1S/C13H11F3N2O2SSe/c1-12(2)11-10(17-18-22-11)6-4-8(19-3)9(5-7(6)20-12)21-13(14,15)16/h4-5H,1-3H3. The summed E-state index contributed by atoms with van der Waals surface area (Å²) in [6.45, 7) is 3.73. The molecule has 3 rings (SSSR count). The zero-order valence-electron chi connectivity index (χ0n) is 11.8. The number of hydrogen-bond donors (Lipinski definition) is 0. The summed E-state index contributed by atoms with van der Waals surface area (Å²) >= 11 is -0.371. The minimum atomic E-state index is -4.40. The van der Waals surface area contributed by atoms with E-state index in [-0.39, 0.29) is 37.1 Å². The Hall–Kier alpha value is -1.18. The summed E-state index contributed by atoms with van der Waals surface area (Å²) in [6, 6.07) is 2.90. The molecule has 1 aromatic heterocycles. The molecule has 0 fully saturated rings. The van der Waals surface area contributed by atoms with Crippen LogP contribution in [0.2, 0.25) is 0 Å². The molecule has 0 aliphatic carbocycles. The van der Waals surface area contributed by atoms with Gasteiger partial charge in [-0.15, -0.1) is 0 Å². The molecule has 1 aliphatic rings. The number of fused-ring (bicyclic) bond motifs is 3. The number of ether oxygens (including phenoxy) is 2. The summed E-state index contributed by atoms with van der Waals surface area (Å²) in [4.78, 5) is -0.0333. The minimum absolute atomic E-state index is 0.0333. The molecule has 9 heteroatoms. The molecule has 0 radical (unpaired) electrons. The maximum atomic E-state index is 12.7. The van der Waals surface area contributed by atoms with Gasteiger partial charge in [-0.25, -0.2) is 0 Å². The van der Waals surface area contributed by atoms with Gasteiger partial charge >= 0.3 is 135 Å².